The summed E-state index contributed by atoms with van der Waals surface area (Å²) in [6, 6.07) is 11.0. The quantitative estimate of drug-likeness (QED) is 0.0460. The van der Waals surface area contributed by atoms with Crippen LogP contribution in [0, 0.1) is 64.1 Å². The number of benzene rings is 2. The minimum absolute atomic E-state index is 0.0230. The number of hydrogen-bond donors (Lipinski definition) is 9. The van der Waals surface area contributed by atoms with Gasteiger partial charge in [0, 0.05) is 90.4 Å². The second-order valence-corrected chi connectivity index (χ2v) is 30.1. The van der Waals surface area contributed by atoms with Crippen LogP contribution >= 0.6 is 21.6 Å². The zero-order valence-corrected chi connectivity index (χ0v) is 52.1. The van der Waals surface area contributed by atoms with Gasteiger partial charge in [-0.1, -0.05) is 78.3 Å². The monoisotopic (exact) mass is 1200 g/mol. The Morgan fingerprint density at radius 3 is 2.48 bits per heavy atom. The average Bonchev–Trinajstić information content (AvgIpc) is 1.26. The normalized spacial score (nSPS) is 34.7. The van der Waals surface area contributed by atoms with Crippen molar-refractivity contribution in [2.75, 3.05) is 57.9 Å². The van der Waals surface area contributed by atoms with Crippen LogP contribution in [0.4, 0.5) is 0 Å². The molecule has 1 spiro atoms. The number of rotatable bonds is 15. The van der Waals surface area contributed by atoms with E-state index in [0.717, 1.165) is 87.4 Å². The number of aliphatic hydroxyl groups is 3. The van der Waals surface area contributed by atoms with E-state index in [2.05, 4.69) is 46.1 Å². The molecule has 4 aliphatic carbocycles. The van der Waals surface area contributed by atoms with Gasteiger partial charge in [0.15, 0.2) is 11.5 Å². The molecule has 4 aliphatic heterocycles. The van der Waals surface area contributed by atoms with Crippen molar-refractivity contribution in [3.05, 3.63) is 53.1 Å². The highest BCUT2D eigenvalue weighted by molar-refractivity contribution is 8.76. The van der Waals surface area contributed by atoms with E-state index in [4.69, 9.17) is 14.2 Å². The number of phenolic OH excluding ortho intramolecular Hbond substituents is 2. The molecular weight excluding hydrogens is 1100 g/mol. The van der Waals surface area contributed by atoms with Crippen LogP contribution in [0.1, 0.15) is 178 Å². The van der Waals surface area contributed by atoms with Gasteiger partial charge in [0.1, 0.15) is 23.5 Å². The lowest BCUT2D eigenvalue weighted by Gasteiger charge is -2.56. The number of aromatic hydroxyl groups is 2. The third kappa shape index (κ3) is 13.9. The lowest BCUT2D eigenvalue weighted by Crippen LogP contribution is -2.65. The van der Waals surface area contributed by atoms with Gasteiger partial charge in [-0.05, 0) is 189 Å². The smallest absolute Gasteiger partial charge is 0.332 e. The average molecular weight is 1200 g/mol. The molecule has 15 unspecified atom stereocenters. The number of carbonyl (C=O) groups excluding carboxylic acids is 3. The van der Waals surface area contributed by atoms with Gasteiger partial charge >= 0.3 is 11.9 Å². The summed E-state index contributed by atoms with van der Waals surface area (Å²) < 4.78 is 20.9. The van der Waals surface area contributed by atoms with E-state index in [1.165, 1.54) is 6.92 Å². The Bertz CT molecular complexity index is 2640. The van der Waals surface area contributed by atoms with Gasteiger partial charge in [-0.15, -0.1) is 5.92 Å². The summed E-state index contributed by atoms with van der Waals surface area (Å²) >= 11 is 0. The number of phenols is 2. The Morgan fingerprint density at radius 2 is 1.73 bits per heavy atom. The Labute approximate surface area is 507 Å². The molecule has 2 aromatic rings. The summed E-state index contributed by atoms with van der Waals surface area (Å²) in [7, 11) is 5.25. The number of ether oxygens (including phenoxy) is 3. The fraction of sp³-hybridized carbons (Fsp3) is 0.746. The minimum Gasteiger partial charge on any atom is -0.508 e. The second kappa shape index (κ2) is 27.8. The van der Waals surface area contributed by atoms with Crippen LogP contribution in [0.3, 0.4) is 0 Å². The molecule has 0 radical (unpaired) electrons. The predicted octanol–water partition coefficient (Wildman–Crippen LogP) is 9.06. The van der Waals surface area contributed by atoms with Crippen LogP contribution in [0.5, 0.6) is 17.2 Å². The largest absolute Gasteiger partial charge is 0.508 e. The highest BCUT2D eigenvalue weighted by Gasteiger charge is 2.61. The maximum Gasteiger partial charge on any atom is 0.332 e. The zero-order chi connectivity index (χ0) is 59.2. The van der Waals surface area contributed by atoms with Crippen molar-refractivity contribution >= 4 is 39.4 Å². The van der Waals surface area contributed by atoms with E-state index in [0.29, 0.717) is 114 Å². The maximum atomic E-state index is 15.9. The number of piperidine rings is 2. The minimum atomic E-state index is -1.20. The third-order valence-electron chi connectivity index (χ3n) is 21.9. The molecule has 0 aromatic heterocycles. The van der Waals surface area contributed by atoms with Gasteiger partial charge in [0.25, 0.3) is 0 Å². The van der Waals surface area contributed by atoms with Gasteiger partial charge in [0.2, 0.25) is 5.91 Å². The van der Waals surface area contributed by atoms with E-state index in [1.54, 1.807) is 39.8 Å². The first-order valence-electron chi connectivity index (χ1n) is 32.3. The van der Waals surface area contributed by atoms with Crippen molar-refractivity contribution in [1.29, 1.82) is 0 Å². The van der Waals surface area contributed by atoms with Crippen LogP contribution in [0.15, 0.2) is 36.4 Å². The lowest BCUT2D eigenvalue weighted by molar-refractivity contribution is -0.183. The molecule has 9 N–H and O–H groups in total. The number of carbonyl (C=O) groups is 3. The molecule has 2 aromatic carbocycles. The van der Waals surface area contributed by atoms with Crippen LogP contribution in [0.2, 0.25) is 0 Å². The first-order chi connectivity index (χ1) is 40.5. The summed E-state index contributed by atoms with van der Waals surface area (Å²) in [5.41, 5.74) is -0.378. The highest BCUT2D eigenvalue weighted by Crippen LogP contribution is 2.65. The van der Waals surface area contributed by atoms with Crippen molar-refractivity contribution in [3.8, 4) is 29.1 Å². The molecule has 1 amide bonds. The number of esters is 2. The molecule has 17 heteroatoms. The first-order valence-corrected chi connectivity index (χ1v) is 34.7. The first kappa shape index (κ1) is 63.3. The van der Waals surface area contributed by atoms with E-state index < -0.39 is 52.7 Å². The number of amides is 1. The van der Waals surface area contributed by atoms with Gasteiger partial charge < -0.3 is 61.0 Å². The van der Waals surface area contributed by atoms with Gasteiger partial charge in [0.05, 0.1) is 18.3 Å². The predicted molar refractivity (Wildman–Crippen MR) is 330 cm³/mol. The Balaban J connectivity index is 1.07. The van der Waals surface area contributed by atoms with Gasteiger partial charge in [-0.3, -0.25) is 9.59 Å². The van der Waals surface area contributed by atoms with Crippen LogP contribution in [0.25, 0.3) is 0 Å². The molecule has 8 aliphatic rings. The standard InChI is InChI=1S/C67H98N4O11S2/c1-42(23-29-68-4)32-45(33-44-13-16-49(74)17-14-44)37-70-54-39-83-84-41-64(3,79)36-47-11-9-10-46-34-52-53(65(40-72)24-7-8-25-65)38-80-62-56(76)21-19-51(60(52)62)61(46)66(27-30-69-31-28-66)58(35-57(81-43(2)73)50(47)18-20-55(54)75)82-63(78)67-26-6-5-12-48(67)15-22-59(77)71-67/h13-14,16-17,19,21,42,45-48,50,52-55,57-58,61,68-70,72,74-76,79H,5-8,11-12,15,18,20,22-41H2,1-4H3,(H,71,77). The molecule has 2 saturated carbocycles. The maximum absolute atomic E-state index is 15.9. The van der Waals surface area contributed by atoms with E-state index in [-0.39, 0.29) is 83.3 Å². The van der Waals surface area contributed by atoms with Crippen molar-refractivity contribution < 1.29 is 54.1 Å². The number of aliphatic hydroxyl groups excluding tert-OH is 2. The summed E-state index contributed by atoms with van der Waals surface area (Å²) in [5.74, 6) is 7.72. The van der Waals surface area contributed by atoms with Crippen molar-refractivity contribution in [1.82, 2.24) is 21.3 Å². The molecule has 15 atom stereocenters. The molecular formula is C67H98N4O11S2. The summed E-state index contributed by atoms with van der Waals surface area (Å²) in [5, 5.41) is 72.5. The number of hydrogen-bond acceptors (Lipinski definition) is 16. The summed E-state index contributed by atoms with van der Waals surface area (Å²) in [6.07, 6.45) is 11.7. The second-order valence-electron chi connectivity index (χ2n) is 27.6. The topological polar surface area (TPSA) is 228 Å². The van der Waals surface area contributed by atoms with Crippen molar-refractivity contribution in [3.63, 3.8) is 0 Å². The fourth-order valence-corrected chi connectivity index (χ4v) is 20.4. The van der Waals surface area contributed by atoms with Crippen LogP contribution < -0.4 is 26.0 Å². The summed E-state index contributed by atoms with van der Waals surface area (Å²) in [6.45, 7) is 8.90. The molecule has 10 rings (SSSR count). The van der Waals surface area contributed by atoms with Crippen LogP contribution in [-0.2, 0) is 30.3 Å². The van der Waals surface area contributed by atoms with E-state index >= 15 is 4.79 Å². The fourth-order valence-electron chi connectivity index (χ4n) is 17.6. The van der Waals surface area contributed by atoms with Gasteiger partial charge in [-0.25, -0.2) is 4.79 Å². The Kier molecular flexibility index (Phi) is 20.9. The van der Waals surface area contributed by atoms with E-state index in [1.807, 2.05) is 26.1 Å². The summed E-state index contributed by atoms with van der Waals surface area (Å²) in [4.78, 5) is 43.4. The SMILES string of the molecule is CNCCC(C)CC(CNC1CSSCC(C)(O)CC2CC#CC3CC4c5c(ccc(O)c5OCC4C4(CO)CCCC4)C3C3(CCNCC3)C(OC(=O)C34CCCCC3CCC(=O)N4)CC(OC(C)=O)C2CCC1O)Cc1ccc(O)cc1. The van der Waals surface area contributed by atoms with Crippen molar-refractivity contribution in [2.45, 2.75) is 203 Å². The van der Waals surface area contributed by atoms with Crippen molar-refractivity contribution in [2.24, 2.45) is 52.3 Å². The molecule has 5 fully saturated rings. The van der Waals surface area contributed by atoms with Gasteiger partial charge in [-0.2, -0.15) is 0 Å². The van der Waals surface area contributed by atoms with E-state index in [9.17, 15) is 35.1 Å². The lowest BCUT2D eigenvalue weighted by atomic mass is 9.51. The number of fused-ring (bicyclic) bond motifs is 5. The number of nitrogens with one attached hydrogen (secondary N) is 4. The Morgan fingerprint density at radius 1 is 0.952 bits per heavy atom. The highest BCUT2D eigenvalue weighted by atomic mass is 33.1. The van der Waals surface area contributed by atoms with Crippen LogP contribution in [-0.4, -0.2) is 137 Å². The third-order valence-corrected chi connectivity index (χ3v) is 24.6. The Hall–Kier alpha value is -3.73. The molecule has 4 heterocycles. The molecule has 464 valence electrons. The molecule has 84 heavy (non-hydrogen) atoms. The molecule has 15 nitrogen and oxygen atoms in total. The molecule has 3 saturated heterocycles. The molecule has 0 bridgehead atoms. The zero-order valence-electron chi connectivity index (χ0n) is 50.5.